The number of nitrogens with one attached hydrogen (secondary N) is 1. The Balaban J connectivity index is 2.85. The summed E-state index contributed by atoms with van der Waals surface area (Å²) >= 11 is 0. The molecule has 0 fully saturated rings. The fourth-order valence-corrected chi connectivity index (χ4v) is 2.50. The Morgan fingerprint density at radius 2 is 1.84 bits per heavy atom. The monoisotopic (exact) mass is 265 g/mol. The van der Waals surface area contributed by atoms with Gasteiger partial charge in [-0.25, -0.2) is 4.39 Å². The molecule has 1 N–H and O–H groups in total. The molecular weight excluding hydrogens is 237 g/mol. The summed E-state index contributed by atoms with van der Waals surface area (Å²) in [6, 6.07) is 5.87. The predicted molar refractivity (Wildman–Crippen MR) is 80.9 cm³/mol. The molecule has 0 aliphatic rings. The minimum Gasteiger partial charge on any atom is -0.310 e. The van der Waals surface area contributed by atoms with Crippen molar-refractivity contribution in [3.8, 4) is 0 Å². The molecule has 0 aliphatic carbocycles. The van der Waals surface area contributed by atoms with Crippen LogP contribution in [0.1, 0.15) is 63.6 Å². The highest BCUT2D eigenvalue weighted by atomic mass is 19.1. The van der Waals surface area contributed by atoms with Gasteiger partial charge in [0, 0.05) is 6.04 Å². The van der Waals surface area contributed by atoms with E-state index in [2.05, 4.69) is 26.1 Å². The Kier molecular flexibility index (Phi) is 7.07. The molecule has 19 heavy (non-hydrogen) atoms. The van der Waals surface area contributed by atoms with E-state index in [1.165, 1.54) is 18.4 Å². The number of benzene rings is 1. The molecule has 0 aliphatic heterocycles. The smallest absolute Gasteiger partial charge is 0.126 e. The minimum atomic E-state index is -0.111. The van der Waals surface area contributed by atoms with Crippen LogP contribution in [0.4, 0.5) is 4.39 Å². The topological polar surface area (TPSA) is 12.0 Å². The summed E-state index contributed by atoms with van der Waals surface area (Å²) in [6.07, 6.45) is 4.68. The fourth-order valence-electron chi connectivity index (χ4n) is 2.50. The van der Waals surface area contributed by atoms with E-state index < -0.39 is 0 Å². The zero-order valence-electron chi connectivity index (χ0n) is 12.8. The van der Waals surface area contributed by atoms with E-state index in [0.717, 1.165) is 30.9 Å². The second-order valence-electron chi connectivity index (χ2n) is 5.43. The van der Waals surface area contributed by atoms with Gasteiger partial charge in [0.15, 0.2) is 0 Å². The highest BCUT2D eigenvalue weighted by Gasteiger charge is 2.16. The number of aryl methyl sites for hydroxylation is 1. The van der Waals surface area contributed by atoms with Crippen molar-refractivity contribution in [3.05, 3.63) is 35.1 Å². The molecule has 0 amide bonds. The summed E-state index contributed by atoms with van der Waals surface area (Å²) in [5, 5.41) is 3.61. The normalized spacial score (nSPS) is 12.9. The van der Waals surface area contributed by atoms with Crippen molar-refractivity contribution in [2.24, 2.45) is 5.92 Å². The molecule has 0 saturated carbocycles. The van der Waals surface area contributed by atoms with E-state index in [1.54, 1.807) is 6.07 Å². The van der Waals surface area contributed by atoms with Crippen LogP contribution >= 0.6 is 0 Å². The van der Waals surface area contributed by atoms with E-state index >= 15 is 0 Å². The van der Waals surface area contributed by atoms with Crippen molar-refractivity contribution in [1.29, 1.82) is 0 Å². The summed E-state index contributed by atoms with van der Waals surface area (Å²) in [5.74, 6) is 0.625. The summed E-state index contributed by atoms with van der Waals surface area (Å²) in [4.78, 5) is 0. The quantitative estimate of drug-likeness (QED) is 0.697. The first-order valence-electron chi connectivity index (χ1n) is 7.61. The fraction of sp³-hybridized carbons (Fsp3) is 0.647. The minimum absolute atomic E-state index is 0.111. The van der Waals surface area contributed by atoms with E-state index in [1.807, 2.05) is 19.1 Å². The van der Waals surface area contributed by atoms with Gasteiger partial charge in [0.25, 0.3) is 0 Å². The van der Waals surface area contributed by atoms with Crippen LogP contribution in [-0.4, -0.2) is 6.54 Å². The molecule has 0 radical (unpaired) electrons. The Morgan fingerprint density at radius 1 is 1.16 bits per heavy atom. The lowest BCUT2D eigenvalue weighted by Crippen LogP contribution is -2.24. The highest BCUT2D eigenvalue weighted by Crippen LogP contribution is 2.26. The standard InChI is InChI=1S/C17H28FN/c1-5-10-19-17(12-14(6-2)7-3)15-8-9-16(18)13(4)11-15/h8-9,11,14,17,19H,5-7,10,12H2,1-4H3. The third kappa shape index (κ3) is 4.94. The highest BCUT2D eigenvalue weighted by molar-refractivity contribution is 5.26. The van der Waals surface area contributed by atoms with Crippen molar-refractivity contribution in [2.45, 2.75) is 59.4 Å². The van der Waals surface area contributed by atoms with Gasteiger partial charge in [-0.2, -0.15) is 0 Å². The summed E-state index contributed by atoms with van der Waals surface area (Å²) < 4.78 is 13.4. The van der Waals surface area contributed by atoms with E-state index in [-0.39, 0.29) is 5.82 Å². The zero-order valence-corrected chi connectivity index (χ0v) is 12.8. The lowest BCUT2D eigenvalue weighted by atomic mass is 9.90. The van der Waals surface area contributed by atoms with Crippen molar-refractivity contribution in [3.63, 3.8) is 0 Å². The molecule has 0 heterocycles. The molecule has 0 bridgehead atoms. The van der Waals surface area contributed by atoms with Gasteiger partial charge >= 0.3 is 0 Å². The number of halogens is 1. The number of hydrogen-bond acceptors (Lipinski definition) is 1. The van der Waals surface area contributed by atoms with Crippen LogP contribution in [0.2, 0.25) is 0 Å². The molecule has 0 aromatic heterocycles. The van der Waals surface area contributed by atoms with E-state index in [9.17, 15) is 4.39 Å². The molecule has 2 heteroatoms. The second-order valence-corrected chi connectivity index (χ2v) is 5.43. The van der Waals surface area contributed by atoms with Crippen LogP contribution in [0.3, 0.4) is 0 Å². The lowest BCUT2D eigenvalue weighted by molar-refractivity contribution is 0.371. The van der Waals surface area contributed by atoms with Crippen molar-refractivity contribution < 1.29 is 4.39 Å². The maximum absolute atomic E-state index is 13.4. The summed E-state index contributed by atoms with van der Waals surface area (Å²) in [5.41, 5.74) is 1.96. The first kappa shape index (κ1) is 16.2. The summed E-state index contributed by atoms with van der Waals surface area (Å²) in [7, 11) is 0. The lowest BCUT2D eigenvalue weighted by Gasteiger charge is -2.24. The molecule has 0 saturated heterocycles. The molecule has 0 spiro atoms. The van der Waals surface area contributed by atoms with Crippen LogP contribution in [-0.2, 0) is 0 Å². The van der Waals surface area contributed by atoms with Gasteiger partial charge in [0.1, 0.15) is 5.82 Å². The van der Waals surface area contributed by atoms with Gasteiger partial charge in [-0.1, -0.05) is 45.7 Å². The molecule has 1 aromatic rings. The Bertz CT molecular complexity index is 372. The van der Waals surface area contributed by atoms with Crippen LogP contribution < -0.4 is 5.32 Å². The molecule has 1 rings (SSSR count). The number of hydrogen-bond donors (Lipinski definition) is 1. The molecule has 1 nitrogen and oxygen atoms in total. The molecule has 1 unspecified atom stereocenters. The van der Waals surface area contributed by atoms with Crippen molar-refractivity contribution in [1.82, 2.24) is 5.32 Å². The van der Waals surface area contributed by atoms with Gasteiger partial charge in [0.05, 0.1) is 0 Å². The van der Waals surface area contributed by atoms with Gasteiger partial charge in [-0.3, -0.25) is 0 Å². The average molecular weight is 265 g/mol. The van der Waals surface area contributed by atoms with E-state index in [4.69, 9.17) is 0 Å². The van der Waals surface area contributed by atoms with Gasteiger partial charge < -0.3 is 5.32 Å². The van der Waals surface area contributed by atoms with Gasteiger partial charge in [-0.15, -0.1) is 0 Å². The van der Waals surface area contributed by atoms with Gasteiger partial charge in [-0.05, 0) is 49.4 Å². The average Bonchev–Trinajstić information content (AvgIpc) is 2.42. The maximum Gasteiger partial charge on any atom is 0.126 e. The second kappa shape index (κ2) is 8.31. The molecule has 1 aromatic carbocycles. The van der Waals surface area contributed by atoms with Crippen LogP contribution in [0.5, 0.6) is 0 Å². The van der Waals surface area contributed by atoms with Crippen LogP contribution in [0.15, 0.2) is 18.2 Å². The van der Waals surface area contributed by atoms with E-state index in [0.29, 0.717) is 6.04 Å². The Morgan fingerprint density at radius 3 is 2.37 bits per heavy atom. The molecule has 1 atom stereocenters. The van der Waals surface area contributed by atoms with Crippen molar-refractivity contribution in [2.75, 3.05) is 6.54 Å². The van der Waals surface area contributed by atoms with Crippen molar-refractivity contribution >= 4 is 0 Å². The molecular formula is C17H28FN. The van der Waals surface area contributed by atoms with Crippen LogP contribution in [0, 0.1) is 18.7 Å². The SMILES string of the molecule is CCCNC(CC(CC)CC)c1ccc(F)c(C)c1. The first-order valence-corrected chi connectivity index (χ1v) is 7.61. The molecule has 108 valence electrons. The zero-order chi connectivity index (χ0) is 14.3. The predicted octanol–water partition coefficient (Wildman–Crippen LogP) is 5.00. The Labute approximate surface area is 117 Å². The first-order chi connectivity index (χ1) is 9.12. The largest absolute Gasteiger partial charge is 0.310 e. The number of rotatable bonds is 8. The third-order valence-electron chi connectivity index (χ3n) is 3.95. The van der Waals surface area contributed by atoms with Crippen LogP contribution in [0.25, 0.3) is 0 Å². The third-order valence-corrected chi connectivity index (χ3v) is 3.95. The van der Waals surface area contributed by atoms with Gasteiger partial charge in [0.2, 0.25) is 0 Å². The summed E-state index contributed by atoms with van der Waals surface area (Å²) in [6.45, 7) is 9.53. The maximum atomic E-state index is 13.4. The Hall–Kier alpha value is -0.890.